The zero-order chi connectivity index (χ0) is 15.2. The van der Waals surface area contributed by atoms with Gasteiger partial charge in [-0.25, -0.2) is 0 Å². The van der Waals surface area contributed by atoms with E-state index in [4.69, 9.17) is 9.52 Å². The lowest BCUT2D eigenvalue weighted by Crippen LogP contribution is -2.50. The zero-order valence-corrected chi connectivity index (χ0v) is 13.0. The summed E-state index contributed by atoms with van der Waals surface area (Å²) in [5.74, 6) is 2.19. The molecule has 1 aliphatic heterocycles. The number of rotatable bonds is 6. The van der Waals surface area contributed by atoms with Crippen LogP contribution < -0.4 is 5.32 Å². The van der Waals surface area contributed by atoms with E-state index in [0.717, 1.165) is 31.7 Å². The van der Waals surface area contributed by atoms with Crippen LogP contribution in [0.25, 0.3) is 0 Å². The molecule has 0 aromatic carbocycles. The molecule has 1 aromatic rings. The Morgan fingerprint density at radius 3 is 2.81 bits per heavy atom. The Hall–Kier alpha value is -1.33. The highest BCUT2D eigenvalue weighted by molar-refractivity contribution is 5.75. The highest BCUT2D eigenvalue weighted by atomic mass is 16.4. The largest absolute Gasteiger partial charge is 0.462 e. The number of carbonyl (C=O) groups is 1. The summed E-state index contributed by atoms with van der Waals surface area (Å²) in [5.41, 5.74) is 0. The molecule has 5 heteroatoms. The standard InChI is InChI=1S/C16H26N2O3/c1-3-12-10-18(16(20)4-2)8-7-15(12)17-9-13-5-6-14(11-19)21-13/h5-6,12,15,17,19H,3-4,7-11H2,1-2H3/t12-,15+/m1/s1. The summed E-state index contributed by atoms with van der Waals surface area (Å²) in [4.78, 5) is 13.8. The number of amides is 1. The first kappa shape index (κ1) is 16.0. The van der Waals surface area contributed by atoms with Crippen LogP contribution in [0.1, 0.15) is 44.6 Å². The van der Waals surface area contributed by atoms with Crippen LogP contribution in [-0.2, 0) is 17.9 Å². The second-order valence-electron chi connectivity index (χ2n) is 5.66. The van der Waals surface area contributed by atoms with Gasteiger partial charge >= 0.3 is 0 Å². The zero-order valence-electron chi connectivity index (χ0n) is 13.0. The fourth-order valence-corrected chi connectivity index (χ4v) is 3.00. The smallest absolute Gasteiger partial charge is 0.222 e. The molecule has 2 rings (SSSR count). The maximum absolute atomic E-state index is 11.8. The normalized spacial score (nSPS) is 22.5. The average molecular weight is 294 g/mol. The molecule has 2 N–H and O–H groups in total. The monoisotopic (exact) mass is 294 g/mol. The fraction of sp³-hybridized carbons (Fsp3) is 0.688. The van der Waals surface area contributed by atoms with Crippen molar-refractivity contribution in [3.8, 4) is 0 Å². The lowest BCUT2D eigenvalue weighted by atomic mass is 9.89. The van der Waals surface area contributed by atoms with E-state index < -0.39 is 0 Å². The molecule has 0 unspecified atom stereocenters. The Morgan fingerprint density at radius 2 is 2.19 bits per heavy atom. The predicted molar refractivity (Wildman–Crippen MR) is 80.5 cm³/mol. The molecule has 2 atom stereocenters. The first-order chi connectivity index (χ1) is 10.2. The van der Waals surface area contributed by atoms with Gasteiger partial charge in [0.2, 0.25) is 5.91 Å². The van der Waals surface area contributed by atoms with E-state index in [0.29, 0.717) is 30.7 Å². The van der Waals surface area contributed by atoms with Crippen LogP contribution in [0, 0.1) is 5.92 Å². The molecule has 0 bridgehead atoms. The van der Waals surface area contributed by atoms with Crippen molar-refractivity contribution in [2.75, 3.05) is 13.1 Å². The molecule has 1 fully saturated rings. The molecule has 5 nitrogen and oxygen atoms in total. The van der Waals surface area contributed by atoms with Gasteiger partial charge in [0.25, 0.3) is 0 Å². The van der Waals surface area contributed by atoms with Crippen LogP contribution in [0.15, 0.2) is 16.5 Å². The number of hydrogen-bond acceptors (Lipinski definition) is 4. The molecule has 1 aromatic heterocycles. The summed E-state index contributed by atoms with van der Waals surface area (Å²) in [7, 11) is 0. The second-order valence-corrected chi connectivity index (χ2v) is 5.66. The summed E-state index contributed by atoms with van der Waals surface area (Å²) >= 11 is 0. The Morgan fingerprint density at radius 1 is 1.43 bits per heavy atom. The maximum Gasteiger partial charge on any atom is 0.222 e. The Bertz CT molecular complexity index is 458. The van der Waals surface area contributed by atoms with Gasteiger partial charge in [0.05, 0.1) is 6.54 Å². The molecule has 1 amide bonds. The highest BCUT2D eigenvalue weighted by Gasteiger charge is 2.29. The van der Waals surface area contributed by atoms with Gasteiger partial charge in [-0.2, -0.15) is 0 Å². The van der Waals surface area contributed by atoms with Crippen LogP contribution in [-0.4, -0.2) is 35.0 Å². The number of likely N-dealkylation sites (tertiary alicyclic amines) is 1. The molecule has 118 valence electrons. The molecule has 21 heavy (non-hydrogen) atoms. The number of furan rings is 1. The topological polar surface area (TPSA) is 65.7 Å². The highest BCUT2D eigenvalue weighted by Crippen LogP contribution is 2.21. The van der Waals surface area contributed by atoms with Crippen molar-refractivity contribution in [1.82, 2.24) is 10.2 Å². The summed E-state index contributed by atoms with van der Waals surface area (Å²) in [6.45, 7) is 6.39. The van der Waals surface area contributed by atoms with Gasteiger partial charge in [0.1, 0.15) is 18.1 Å². The van der Waals surface area contributed by atoms with Gasteiger partial charge in [0, 0.05) is 25.6 Å². The van der Waals surface area contributed by atoms with E-state index >= 15 is 0 Å². The molecule has 1 saturated heterocycles. The quantitative estimate of drug-likeness (QED) is 0.841. The van der Waals surface area contributed by atoms with E-state index in [1.807, 2.05) is 17.9 Å². The summed E-state index contributed by atoms with van der Waals surface area (Å²) in [6.07, 6.45) is 2.63. The van der Waals surface area contributed by atoms with Crippen LogP contribution in [0.2, 0.25) is 0 Å². The lowest BCUT2D eigenvalue weighted by molar-refractivity contribution is -0.133. The molecular formula is C16H26N2O3. The second kappa shape index (κ2) is 7.61. The van der Waals surface area contributed by atoms with Crippen molar-refractivity contribution in [1.29, 1.82) is 0 Å². The minimum absolute atomic E-state index is 0.0604. The molecule has 0 saturated carbocycles. The first-order valence-corrected chi connectivity index (χ1v) is 7.87. The fourth-order valence-electron chi connectivity index (χ4n) is 3.00. The van der Waals surface area contributed by atoms with Gasteiger partial charge < -0.3 is 19.7 Å². The molecule has 2 heterocycles. The molecule has 0 radical (unpaired) electrons. The number of nitrogens with one attached hydrogen (secondary N) is 1. The van der Waals surface area contributed by atoms with Gasteiger partial charge in [-0.05, 0) is 24.5 Å². The Labute approximate surface area is 126 Å². The number of aliphatic hydroxyl groups is 1. The molecule has 1 aliphatic rings. The van der Waals surface area contributed by atoms with Crippen molar-refractivity contribution in [3.63, 3.8) is 0 Å². The van der Waals surface area contributed by atoms with Crippen LogP contribution >= 0.6 is 0 Å². The van der Waals surface area contributed by atoms with Crippen molar-refractivity contribution < 1.29 is 14.3 Å². The molecule has 0 spiro atoms. The Balaban J connectivity index is 1.86. The van der Waals surface area contributed by atoms with Gasteiger partial charge in [0.15, 0.2) is 0 Å². The Kier molecular flexibility index (Phi) is 5.82. The van der Waals surface area contributed by atoms with E-state index in [2.05, 4.69) is 12.2 Å². The molecule has 0 aliphatic carbocycles. The van der Waals surface area contributed by atoms with E-state index in [9.17, 15) is 4.79 Å². The van der Waals surface area contributed by atoms with E-state index in [1.165, 1.54) is 0 Å². The van der Waals surface area contributed by atoms with Crippen molar-refractivity contribution >= 4 is 5.91 Å². The average Bonchev–Trinajstić information content (AvgIpc) is 3.00. The number of nitrogens with zero attached hydrogens (tertiary/aromatic N) is 1. The van der Waals surface area contributed by atoms with Gasteiger partial charge in [-0.3, -0.25) is 4.79 Å². The van der Waals surface area contributed by atoms with Crippen LogP contribution in [0.3, 0.4) is 0 Å². The van der Waals surface area contributed by atoms with Crippen LogP contribution in [0.4, 0.5) is 0 Å². The minimum atomic E-state index is -0.0604. The predicted octanol–water partition coefficient (Wildman–Crippen LogP) is 1.90. The van der Waals surface area contributed by atoms with Crippen LogP contribution in [0.5, 0.6) is 0 Å². The minimum Gasteiger partial charge on any atom is -0.462 e. The first-order valence-electron chi connectivity index (χ1n) is 7.87. The summed E-state index contributed by atoms with van der Waals surface area (Å²) in [5, 5.41) is 12.5. The maximum atomic E-state index is 11.8. The third kappa shape index (κ3) is 4.08. The van der Waals surface area contributed by atoms with Gasteiger partial charge in [-0.1, -0.05) is 20.3 Å². The third-order valence-corrected chi connectivity index (χ3v) is 4.33. The lowest BCUT2D eigenvalue weighted by Gasteiger charge is -2.38. The SMILES string of the molecule is CCC(=O)N1CC[C@H](NCc2ccc(CO)o2)[C@H](CC)C1. The van der Waals surface area contributed by atoms with Gasteiger partial charge in [-0.15, -0.1) is 0 Å². The number of carbonyl (C=O) groups excluding carboxylic acids is 1. The summed E-state index contributed by atoms with van der Waals surface area (Å²) < 4.78 is 5.49. The summed E-state index contributed by atoms with van der Waals surface area (Å²) in [6, 6.07) is 4.12. The third-order valence-electron chi connectivity index (χ3n) is 4.33. The molecular weight excluding hydrogens is 268 g/mol. The van der Waals surface area contributed by atoms with Crippen molar-refractivity contribution in [2.45, 2.75) is 52.3 Å². The van der Waals surface area contributed by atoms with Crippen molar-refractivity contribution in [3.05, 3.63) is 23.7 Å². The number of aliphatic hydroxyl groups excluding tert-OH is 1. The van der Waals surface area contributed by atoms with Crippen molar-refractivity contribution in [2.24, 2.45) is 5.92 Å². The number of hydrogen-bond donors (Lipinski definition) is 2. The van der Waals surface area contributed by atoms with E-state index in [1.54, 1.807) is 6.07 Å². The van der Waals surface area contributed by atoms with E-state index in [-0.39, 0.29) is 12.5 Å². The number of piperidine rings is 1.